The van der Waals surface area contributed by atoms with Crippen molar-refractivity contribution in [1.82, 2.24) is 19.1 Å². The monoisotopic (exact) mass is 543 g/mol. The van der Waals surface area contributed by atoms with Gasteiger partial charge in [0.05, 0.1) is 23.9 Å². The van der Waals surface area contributed by atoms with Gasteiger partial charge in [-0.05, 0) is 49.7 Å². The zero-order chi connectivity index (χ0) is 28.2. The maximum absolute atomic E-state index is 15.2. The van der Waals surface area contributed by atoms with Crippen molar-refractivity contribution in [3.05, 3.63) is 85.9 Å². The van der Waals surface area contributed by atoms with E-state index in [4.69, 9.17) is 4.74 Å². The minimum absolute atomic E-state index is 0.0137. The first kappa shape index (κ1) is 26.5. The Hall–Kier alpha value is -4.06. The van der Waals surface area contributed by atoms with Crippen LogP contribution in [0.5, 0.6) is 0 Å². The summed E-state index contributed by atoms with van der Waals surface area (Å²) >= 11 is 0. The quantitative estimate of drug-likeness (QED) is 0.362. The smallest absolute Gasteiger partial charge is 0.367 e. The molecule has 0 amide bonds. The molecule has 1 saturated heterocycles. The molecule has 8 nitrogen and oxygen atoms in total. The molecule has 0 bridgehead atoms. The van der Waals surface area contributed by atoms with Gasteiger partial charge in [0, 0.05) is 49.5 Å². The second-order valence-electron chi connectivity index (χ2n) is 9.73. The molecule has 2 atom stereocenters. The molecule has 39 heavy (non-hydrogen) atoms. The van der Waals surface area contributed by atoms with Crippen molar-refractivity contribution in [1.29, 1.82) is 0 Å². The maximum Gasteiger partial charge on any atom is 0.416 e. The van der Waals surface area contributed by atoms with Crippen molar-refractivity contribution < 1.29 is 22.3 Å². The third-order valence-corrected chi connectivity index (χ3v) is 6.90. The molecule has 0 radical (unpaired) electrons. The van der Waals surface area contributed by atoms with Crippen LogP contribution in [0.2, 0.25) is 0 Å². The lowest BCUT2D eigenvalue weighted by atomic mass is 10.0. The first-order valence-corrected chi connectivity index (χ1v) is 12.2. The minimum Gasteiger partial charge on any atom is -0.367 e. The number of hydrogen-bond donors (Lipinski definition) is 0. The minimum atomic E-state index is -4.72. The topological polar surface area (TPSA) is 82.2 Å². The Kier molecular flexibility index (Phi) is 6.53. The summed E-state index contributed by atoms with van der Waals surface area (Å²) in [5.41, 5.74) is -0.608. The van der Waals surface area contributed by atoms with E-state index in [1.54, 1.807) is 44.2 Å². The predicted molar refractivity (Wildman–Crippen MR) is 137 cm³/mol. The van der Waals surface area contributed by atoms with Crippen molar-refractivity contribution in [2.45, 2.75) is 32.2 Å². The fourth-order valence-corrected chi connectivity index (χ4v) is 4.72. The number of ether oxygens (including phenoxy) is 1. The number of aromatic nitrogens is 4. The molecular formula is C27H25F4N5O3. The molecule has 1 aliphatic rings. The number of rotatable bonds is 3. The predicted octanol–water partition coefficient (Wildman–Crippen LogP) is 4.13. The molecule has 12 heteroatoms. The molecule has 0 unspecified atom stereocenters. The summed E-state index contributed by atoms with van der Waals surface area (Å²) in [5, 5.41) is 0.230. The largest absolute Gasteiger partial charge is 0.416 e. The highest BCUT2D eigenvalue weighted by Gasteiger charge is 2.33. The van der Waals surface area contributed by atoms with E-state index in [0.29, 0.717) is 18.3 Å². The van der Waals surface area contributed by atoms with E-state index >= 15 is 4.39 Å². The molecule has 1 fully saturated rings. The van der Waals surface area contributed by atoms with Gasteiger partial charge in [0.2, 0.25) is 11.5 Å². The third kappa shape index (κ3) is 4.91. The van der Waals surface area contributed by atoms with Gasteiger partial charge < -0.3 is 18.8 Å². The molecule has 0 N–H and O–H groups in total. The van der Waals surface area contributed by atoms with Crippen molar-refractivity contribution in [2.24, 2.45) is 14.1 Å². The van der Waals surface area contributed by atoms with Crippen LogP contribution in [-0.4, -0.2) is 38.3 Å². The summed E-state index contributed by atoms with van der Waals surface area (Å²) in [6, 6.07) is 6.95. The van der Waals surface area contributed by atoms with Gasteiger partial charge >= 0.3 is 6.18 Å². The van der Waals surface area contributed by atoms with Gasteiger partial charge in [0.15, 0.2) is 0 Å². The standard InChI is InChI=1S/C27H25F4N5O3/c1-14-9-19-23(18-7-6-17(10-20(18)28)27(29,30)31)32-26(33-24(19)25(38)35(14)4)36-11-15(2)39-21(13-36)16-5-8-22(37)34(3)12-16/h5-10,12,15,21H,11,13H2,1-4H3/t15-,21-/m1/s1. The van der Waals surface area contributed by atoms with Crippen LogP contribution in [-0.2, 0) is 25.0 Å². The molecule has 3 aromatic heterocycles. The number of alkyl halides is 3. The zero-order valence-electron chi connectivity index (χ0n) is 21.6. The van der Waals surface area contributed by atoms with E-state index < -0.39 is 29.2 Å². The zero-order valence-corrected chi connectivity index (χ0v) is 21.6. The Bertz CT molecular complexity index is 1710. The summed E-state index contributed by atoms with van der Waals surface area (Å²) in [7, 11) is 3.20. The van der Waals surface area contributed by atoms with E-state index in [0.717, 1.165) is 17.7 Å². The third-order valence-electron chi connectivity index (χ3n) is 6.90. The molecule has 0 saturated carbocycles. The second kappa shape index (κ2) is 9.60. The highest BCUT2D eigenvalue weighted by atomic mass is 19.4. The van der Waals surface area contributed by atoms with E-state index in [1.165, 1.54) is 15.2 Å². The van der Waals surface area contributed by atoms with Crippen LogP contribution in [0, 0.1) is 12.7 Å². The number of halogens is 4. The van der Waals surface area contributed by atoms with E-state index in [1.807, 2.05) is 6.92 Å². The van der Waals surface area contributed by atoms with Crippen LogP contribution < -0.4 is 16.0 Å². The maximum atomic E-state index is 15.2. The molecule has 4 aromatic rings. The number of nitrogens with zero attached hydrogens (tertiary/aromatic N) is 5. The number of pyridine rings is 2. The fraction of sp³-hybridized carbons (Fsp3) is 0.333. The van der Waals surface area contributed by atoms with E-state index in [2.05, 4.69) is 9.97 Å². The van der Waals surface area contributed by atoms with Gasteiger partial charge in [-0.25, -0.2) is 14.4 Å². The first-order chi connectivity index (χ1) is 18.3. The highest BCUT2D eigenvalue weighted by molar-refractivity contribution is 5.93. The highest BCUT2D eigenvalue weighted by Crippen LogP contribution is 2.35. The number of hydrogen-bond acceptors (Lipinski definition) is 6. The Labute approximate surface area is 220 Å². The lowest BCUT2D eigenvalue weighted by Crippen LogP contribution is -2.44. The average molecular weight is 544 g/mol. The molecular weight excluding hydrogens is 518 g/mol. The van der Waals surface area contributed by atoms with Gasteiger partial charge in [-0.1, -0.05) is 0 Å². The van der Waals surface area contributed by atoms with Gasteiger partial charge in [0.25, 0.3) is 5.56 Å². The van der Waals surface area contributed by atoms with Crippen LogP contribution in [0.25, 0.3) is 22.2 Å². The van der Waals surface area contributed by atoms with Crippen LogP contribution in [0.15, 0.2) is 52.2 Å². The summed E-state index contributed by atoms with van der Waals surface area (Å²) in [5.74, 6) is -1.00. The molecule has 0 spiro atoms. The summed E-state index contributed by atoms with van der Waals surface area (Å²) in [6.07, 6.45) is -3.81. The second-order valence-corrected chi connectivity index (χ2v) is 9.73. The number of morpholine rings is 1. The molecule has 0 aliphatic carbocycles. The van der Waals surface area contributed by atoms with Crippen LogP contribution in [0.3, 0.4) is 0 Å². The summed E-state index contributed by atoms with van der Waals surface area (Å²) in [6.45, 7) is 4.13. The van der Waals surface area contributed by atoms with Crippen molar-refractivity contribution in [3.63, 3.8) is 0 Å². The first-order valence-electron chi connectivity index (χ1n) is 12.2. The Morgan fingerprint density at radius 2 is 1.77 bits per heavy atom. The lowest BCUT2D eigenvalue weighted by molar-refractivity contribution is -0.137. The van der Waals surface area contributed by atoms with Crippen LogP contribution in [0.4, 0.5) is 23.5 Å². The fourth-order valence-electron chi connectivity index (χ4n) is 4.72. The number of benzene rings is 1. The van der Waals surface area contributed by atoms with E-state index in [-0.39, 0.29) is 46.3 Å². The number of fused-ring (bicyclic) bond motifs is 1. The molecule has 204 valence electrons. The van der Waals surface area contributed by atoms with E-state index in [9.17, 15) is 22.8 Å². The Morgan fingerprint density at radius 1 is 1.03 bits per heavy atom. The lowest BCUT2D eigenvalue weighted by Gasteiger charge is -2.37. The van der Waals surface area contributed by atoms with Crippen molar-refractivity contribution in [3.8, 4) is 11.3 Å². The molecule has 5 rings (SSSR count). The van der Waals surface area contributed by atoms with Gasteiger partial charge in [0.1, 0.15) is 17.4 Å². The van der Waals surface area contributed by atoms with Crippen molar-refractivity contribution in [2.75, 3.05) is 18.0 Å². The molecule has 4 heterocycles. The van der Waals surface area contributed by atoms with Gasteiger partial charge in [-0.2, -0.15) is 13.2 Å². The van der Waals surface area contributed by atoms with Crippen molar-refractivity contribution >= 4 is 16.9 Å². The van der Waals surface area contributed by atoms with Gasteiger partial charge in [-0.3, -0.25) is 9.59 Å². The molecule has 1 aromatic carbocycles. The number of aryl methyl sites for hydroxylation is 2. The number of anilines is 1. The Morgan fingerprint density at radius 3 is 2.44 bits per heavy atom. The average Bonchev–Trinajstić information content (AvgIpc) is 2.87. The van der Waals surface area contributed by atoms with Gasteiger partial charge in [-0.15, -0.1) is 0 Å². The van der Waals surface area contributed by atoms with Crippen LogP contribution in [0.1, 0.15) is 29.8 Å². The summed E-state index contributed by atoms with van der Waals surface area (Å²) < 4.78 is 63.7. The van der Waals surface area contributed by atoms with Crippen LogP contribution >= 0.6 is 0 Å². The summed E-state index contributed by atoms with van der Waals surface area (Å²) in [4.78, 5) is 36.0. The SMILES string of the molecule is Cc1cc2c(-c3ccc(C(F)(F)F)cc3F)nc(N3C[C@@H](C)O[C@@H](c4ccc(=O)n(C)c4)C3)nc2c(=O)n1C. The normalized spacial score (nSPS) is 18.1. The Balaban J connectivity index is 1.67. The molecule has 1 aliphatic heterocycles.